The third-order valence-electron chi connectivity index (χ3n) is 5.44. The largest absolute Gasteiger partial charge is 0.462 e. The Balaban J connectivity index is 2.07. The van der Waals surface area contributed by atoms with Crippen molar-refractivity contribution in [2.75, 3.05) is 0 Å². The summed E-state index contributed by atoms with van der Waals surface area (Å²) in [4.78, 5) is 11.6. The number of hydrogen-bond acceptors (Lipinski definition) is 2. The average Bonchev–Trinajstić information content (AvgIpc) is 2.51. The number of rotatable bonds is 3. The number of esters is 1. The van der Waals surface area contributed by atoms with Crippen LogP contribution in [0.5, 0.6) is 0 Å². The molecule has 2 nitrogen and oxygen atoms in total. The van der Waals surface area contributed by atoms with Crippen LogP contribution in [0.15, 0.2) is 0 Å². The topological polar surface area (TPSA) is 26.3 Å². The minimum Gasteiger partial charge on any atom is -0.462 e. The molecular weight excluding hydrogens is 200 g/mol. The third kappa shape index (κ3) is 1.49. The van der Waals surface area contributed by atoms with Gasteiger partial charge < -0.3 is 4.74 Å². The van der Waals surface area contributed by atoms with Gasteiger partial charge in [0, 0.05) is 11.8 Å². The fourth-order valence-electron chi connectivity index (χ4n) is 3.73. The van der Waals surface area contributed by atoms with Crippen LogP contribution in [-0.4, -0.2) is 12.1 Å². The first-order valence-electron chi connectivity index (χ1n) is 6.61. The summed E-state index contributed by atoms with van der Waals surface area (Å²) in [5.74, 6) is 0.744. The van der Waals surface area contributed by atoms with E-state index in [1.807, 2.05) is 6.92 Å². The van der Waals surface area contributed by atoms with E-state index >= 15 is 0 Å². The van der Waals surface area contributed by atoms with E-state index in [9.17, 15) is 4.79 Å². The number of hydrogen-bond donors (Lipinski definition) is 0. The van der Waals surface area contributed by atoms with E-state index < -0.39 is 0 Å². The van der Waals surface area contributed by atoms with Crippen molar-refractivity contribution in [1.82, 2.24) is 0 Å². The maximum absolute atomic E-state index is 11.6. The van der Waals surface area contributed by atoms with E-state index in [4.69, 9.17) is 4.74 Å². The molecule has 0 aromatic heterocycles. The van der Waals surface area contributed by atoms with Gasteiger partial charge in [-0.05, 0) is 37.0 Å². The van der Waals surface area contributed by atoms with Gasteiger partial charge in [-0.3, -0.25) is 4.79 Å². The third-order valence-corrected chi connectivity index (χ3v) is 5.44. The van der Waals surface area contributed by atoms with Crippen LogP contribution in [0.25, 0.3) is 0 Å². The number of fused-ring (bicyclic) bond motifs is 2. The maximum Gasteiger partial charge on any atom is 0.306 e. The molecule has 0 aromatic rings. The monoisotopic (exact) mass is 224 g/mol. The van der Waals surface area contributed by atoms with Crippen LogP contribution >= 0.6 is 0 Å². The maximum atomic E-state index is 11.6. The minimum atomic E-state index is -0.00271. The van der Waals surface area contributed by atoms with E-state index in [1.165, 1.54) is 12.8 Å². The fraction of sp³-hybridized carbons (Fsp3) is 0.929. The highest BCUT2D eigenvalue weighted by Crippen LogP contribution is 2.66. The van der Waals surface area contributed by atoms with E-state index in [0.29, 0.717) is 11.8 Å². The summed E-state index contributed by atoms with van der Waals surface area (Å²) in [5, 5.41) is 0. The molecule has 0 heterocycles. The summed E-state index contributed by atoms with van der Waals surface area (Å²) in [6.45, 7) is 9.02. The van der Waals surface area contributed by atoms with Gasteiger partial charge in [-0.15, -0.1) is 0 Å². The Kier molecular flexibility index (Phi) is 2.80. The zero-order valence-corrected chi connectivity index (χ0v) is 11.0. The molecule has 2 aliphatic rings. The Bertz CT molecular complexity index is 295. The van der Waals surface area contributed by atoms with Crippen molar-refractivity contribution in [1.29, 1.82) is 0 Å². The number of carbonyl (C=O) groups excluding carboxylic acids is 1. The molecule has 92 valence electrons. The lowest BCUT2D eigenvalue weighted by Gasteiger charge is -2.38. The van der Waals surface area contributed by atoms with Gasteiger partial charge in [0.2, 0.25) is 0 Å². The van der Waals surface area contributed by atoms with Gasteiger partial charge in [0.1, 0.15) is 6.10 Å². The highest BCUT2D eigenvalue weighted by atomic mass is 16.5. The lowest BCUT2D eigenvalue weighted by atomic mass is 9.70. The van der Waals surface area contributed by atoms with Crippen LogP contribution in [0.1, 0.15) is 59.8 Å². The van der Waals surface area contributed by atoms with Crippen LogP contribution in [0.3, 0.4) is 0 Å². The van der Waals surface area contributed by atoms with Crippen molar-refractivity contribution in [3.63, 3.8) is 0 Å². The molecule has 2 bridgehead atoms. The molecule has 3 atom stereocenters. The molecule has 0 unspecified atom stereocenters. The summed E-state index contributed by atoms with van der Waals surface area (Å²) >= 11 is 0. The number of carbonyl (C=O) groups is 1. The SMILES string of the molecule is CCCC(=O)O[C@H]1C[C@H]2CC[C@]1(C)C2(C)C. The van der Waals surface area contributed by atoms with Crippen LogP contribution in [0.2, 0.25) is 0 Å². The Hall–Kier alpha value is -0.530. The van der Waals surface area contributed by atoms with Crippen molar-refractivity contribution in [2.45, 2.75) is 65.9 Å². The fourth-order valence-corrected chi connectivity index (χ4v) is 3.73. The zero-order chi connectivity index (χ0) is 12.0. The highest BCUT2D eigenvalue weighted by molar-refractivity contribution is 5.69. The molecule has 2 aliphatic carbocycles. The summed E-state index contributed by atoms with van der Waals surface area (Å²) in [6.07, 6.45) is 5.23. The Labute approximate surface area is 98.7 Å². The van der Waals surface area contributed by atoms with E-state index in [1.54, 1.807) is 0 Å². The van der Waals surface area contributed by atoms with Gasteiger partial charge in [0.05, 0.1) is 0 Å². The highest BCUT2D eigenvalue weighted by Gasteiger charge is 2.62. The molecule has 0 spiro atoms. The van der Waals surface area contributed by atoms with Crippen LogP contribution < -0.4 is 0 Å². The molecule has 0 aromatic carbocycles. The molecule has 0 amide bonds. The van der Waals surface area contributed by atoms with Crippen molar-refractivity contribution in [3.05, 3.63) is 0 Å². The normalized spacial score (nSPS) is 40.0. The summed E-state index contributed by atoms with van der Waals surface area (Å²) in [7, 11) is 0. The first kappa shape index (κ1) is 11.9. The van der Waals surface area contributed by atoms with Gasteiger partial charge in [-0.1, -0.05) is 27.7 Å². The van der Waals surface area contributed by atoms with E-state index in [0.717, 1.165) is 18.8 Å². The molecule has 0 radical (unpaired) electrons. The zero-order valence-electron chi connectivity index (χ0n) is 11.0. The first-order valence-corrected chi connectivity index (χ1v) is 6.61. The predicted molar refractivity (Wildman–Crippen MR) is 64.0 cm³/mol. The van der Waals surface area contributed by atoms with E-state index in [2.05, 4.69) is 20.8 Å². The molecular formula is C14H24O2. The van der Waals surface area contributed by atoms with Crippen molar-refractivity contribution >= 4 is 5.97 Å². The smallest absolute Gasteiger partial charge is 0.306 e. The standard InChI is InChI=1S/C14H24O2/c1-5-6-12(15)16-11-9-10-7-8-14(11,4)13(10,2)3/h10-11H,5-9H2,1-4H3/t10-,11+,14+/m1/s1. The molecule has 0 N–H and O–H groups in total. The number of ether oxygens (including phenoxy) is 1. The first-order chi connectivity index (χ1) is 7.41. The quantitative estimate of drug-likeness (QED) is 0.685. The molecule has 2 rings (SSSR count). The van der Waals surface area contributed by atoms with Crippen molar-refractivity contribution < 1.29 is 9.53 Å². The second-order valence-electron chi connectivity index (χ2n) is 6.34. The molecule has 2 heteroatoms. The predicted octanol–water partition coefficient (Wildman–Crippen LogP) is 3.54. The second kappa shape index (κ2) is 3.75. The van der Waals surface area contributed by atoms with Crippen LogP contribution in [0, 0.1) is 16.7 Å². The molecule has 2 saturated carbocycles. The molecule has 0 saturated heterocycles. The molecule has 2 fully saturated rings. The Morgan fingerprint density at radius 1 is 1.38 bits per heavy atom. The Morgan fingerprint density at radius 2 is 2.06 bits per heavy atom. The van der Waals surface area contributed by atoms with E-state index in [-0.39, 0.29) is 17.5 Å². The average molecular weight is 224 g/mol. The lowest BCUT2D eigenvalue weighted by molar-refractivity contribution is -0.156. The van der Waals surface area contributed by atoms with Crippen molar-refractivity contribution in [2.24, 2.45) is 16.7 Å². The summed E-state index contributed by atoms with van der Waals surface area (Å²) in [5.41, 5.74) is 0.547. The molecule has 16 heavy (non-hydrogen) atoms. The summed E-state index contributed by atoms with van der Waals surface area (Å²) < 4.78 is 5.69. The van der Waals surface area contributed by atoms with Gasteiger partial charge in [0.15, 0.2) is 0 Å². The van der Waals surface area contributed by atoms with Gasteiger partial charge >= 0.3 is 5.97 Å². The summed E-state index contributed by atoms with van der Waals surface area (Å²) in [6, 6.07) is 0. The Morgan fingerprint density at radius 3 is 2.50 bits per heavy atom. The van der Waals surface area contributed by atoms with Crippen molar-refractivity contribution in [3.8, 4) is 0 Å². The lowest BCUT2D eigenvalue weighted by Crippen LogP contribution is -2.38. The van der Waals surface area contributed by atoms with Gasteiger partial charge in [-0.2, -0.15) is 0 Å². The second-order valence-corrected chi connectivity index (χ2v) is 6.34. The van der Waals surface area contributed by atoms with Gasteiger partial charge in [-0.25, -0.2) is 0 Å². The van der Waals surface area contributed by atoms with Gasteiger partial charge in [0.25, 0.3) is 0 Å². The minimum absolute atomic E-state index is 0.00271. The van der Waals surface area contributed by atoms with Crippen LogP contribution in [0.4, 0.5) is 0 Å². The molecule has 0 aliphatic heterocycles. The van der Waals surface area contributed by atoms with Crippen LogP contribution in [-0.2, 0) is 9.53 Å².